The largest absolute Gasteiger partial charge is 0.481 e. The van der Waals surface area contributed by atoms with Gasteiger partial charge in [0.2, 0.25) is 0 Å². The summed E-state index contributed by atoms with van der Waals surface area (Å²) in [6, 6.07) is 17.9. The molecular formula is C33H32ClN3O5S. The van der Waals surface area contributed by atoms with Crippen LogP contribution in [0.1, 0.15) is 44.9 Å². The predicted octanol–water partition coefficient (Wildman–Crippen LogP) is 4.85. The number of aromatic nitrogens is 1. The van der Waals surface area contributed by atoms with Gasteiger partial charge < -0.3 is 14.4 Å². The van der Waals surface area contributed by atoms with Gasteiger partial charge in [0.25, 0.3) is 11.5 Å². The van der Waals surface area contributed by atoms with Crippen molar-refractivity contribution in [3.05, 3.63) is 108 Å². The lowest BCUT2D eigenvalue weighted by molar-refractivity contribution is -0.145. The van der Waals surface area contributed by atoms with E-state index in [1.807, 2.05) is 63.2 Å². The van der Waals surface area contributed by atoms with Crippen LogP contribution in [0.2, 0.25) is 5.02 Å². The molecular weight excluding hydrogens is 586 g/mol. The molecule has 1 aromatic heterocycles. The third-order valence-corrected chi connectivity index (χ3v) is 8.58. The number of ether oxygens (including phenoxy) is 2. The molecule has 0 N–H and O–H groups in total. The van der Waals surface area contributed by atoms with Crippen LogP contribution in [-0.2, 0) is 14.3 Å². The van der Waals surface area contributed by atoms with E-state index in [1.165, 1.54) is 11.3 Å². The minimum atomic E-state index is -0.684. The fourth-order valence-corrected chi connectivity index (χ4v) is 6.41. The van der Waals surface area contributed by atoms with Crippen LogP contribution in [0.25, 0.3) is 16.8 Å². The summed E-state index contributed by atoms with van der Waals surface area (Å²) in [5.41, 5.74) is 2.14. The van der Waals surface area contributed by atoms with E-state index in [0.717, 1.165) is 16.3 Å². The number of hydrogen-bond donors (Lipinski definition) is 0. The van der Waals surface area contributed by atoms with Crippen molar-refractivity contribution in [2.24, 2.45) is 4.99 Å². The summed E-state index contributed by atoms with van der Waals surface area (Å²) in [4.78, 5) is 47.1. The van der Waals surface area contributed by atoms with Crippen molar-refractivity contribution >= 4 is 51.7 Å². The van der Waals surface area contributed by atoms with Crippen LogP contribution in [0.15, 0.2) is 81.7 Å². The van der Waals surface area contributed by atoms with Crippen LogP contribution in [0.3, 0.4) is 0 Å². The molecule has 0 unspecified atom stereocenters. The van der Waals surface area contributed by atoms with Gasteiger partial charge in [-0.1, -0.05) is 65.4 Å². The Morgan fingerprint density at radius 3 is 2.47 bits per heavy atom. The number of carbonyl (C=O) groups excluding carboxylic acids is 2. The number of rotatable bonds is 9. The first-order chi connectivity index (χ1) is 20.8. The van der Waals surface area contributed by atoms with E-state index >= 15 is 0 Å². The number of allylic oxidation sites excluding steroid dienone is 1. The molecule has 1 aliphatic heterocycles. The topological polar surface area (TPSA) is 90.2 Å². The van der Waals surface area contributed by atoms with Gasteiger partial charge in [0.1, 0.15) is 5.75 Å². The lowest BCUT2D eigenvalue weighted by Gasteiger charge is -2.29. The first-order valence-electron chi connectivity index (χ1n) is 14.1. The lowest BCUT2D eigenvalue weighted by Crippen LogP contribution is -2.43. The van der Waals surface area contributed by atoms with E-state index < -0.39 is 12.0 Å². The Hall–Kier alpha value is -4.21. The summed E-state index contributed by atoms with van der Waals surface area (Å²) in [5.74, 6) is -0.200. The number of esters is 1. The summed E-state index contributed by atoms with van der Waals surface area (Å²) >= 11 is 7.45. The molecule has 222 valence electrons. The van der Waals surface area contributed by atoms with Crippen molar-refractivity contribution in [1.82, 2.24) is 9.47 Å². The molecule has 1 amide bonds. The van der Waals surface area contributed by atoms with E-state index in [4.69, 9.17) is 26.1 Å². The number of likely N-dealkylation sites (N-methyl/N-ethyl adjacent to an activating group) is 1. The van der Waals surface area contributed by atoms with Crippen LogP contribution < -0.4 is 19.6 Å². The van der Waals surface area contributed by atoms with E-state index in [2.05, 4.69) is 0 Å². The third-order valence-electron chi connectivity index (χ3n) is 7.35. The molecule has 1 atom stereocenters. The highest BCUT2D eigenvalue weighted by molar-refractivity contribution is 7.07. The molecule has 43 heavy (non-hydrogen) atoms. The standard InChI is InChI=1S/C33H32ClN3O5S/c1-5-36(6-2)32(40)29-20(4)35-33-37(30(29)22-12-15-23(34)16-13-22)31(39)27(43-33)18-25-24-11-9-8-10-21(24)14-17-26(25)42-19-28(38)41-7-3/h8-18,30H,5-7,19H2,1-4H3/b27-18+/t30-/m0/s1. The number of fused-ring (bicyclic) bond motifs is 2. The van der Waals surface area contributed by atoms with Crippen molar-refractivity contribution in [3.8, 4) is 5.75 Å². The molecule has 2 heterocycles. The highest BCUT2D eigenvalue weighted by Gasteiger charge is 2.34. The summed E-state index contributed by atoms with van der Waals surface area (Å²) in [7, 11) is 0. The number of carbonyl (C=O) groups is 2. The highest BCUT2D eigenvalue weighted by atomic mass is 35.5. The van der Waals surface area contributed by atoms with Crippen molar-refractivity contribution < 1.29 is 19.1 Å². The SMILES string of the molecule is CCOC(=O)COc1ccc2ccccc2c1/C=c1/sc2n(c1=O)[C@@H](c1ccc(Cl)cc1)C(C(=O)N(CC)CC)=C(C)N=2. The lowest BCUT2D eigenvalue weighted by atomic mass is 9.94. The van der Waals surface area contributed by atoms with Crippen LogP contribution in [-0.4, -0.2) is 47.6 Å². The van der Waals surface area contributed by atoms with Crippen molar-refractivity contribution in [2.75, 3.05) is 26.3 Å². The Labute approximate surface area is 258 Å². The Balaban J connectivity index is 1.72. The second kappa shape index (κ2) is 13.0. The fourth-order valence-electron chi connectivity index (χ4n) is 5.26. The van der Waals surface area contributed by atoms with Gasteiger partial charge in [-0.25, -0.2) is 9.79 Å². The molecule has 10 heteroatoms. The van der Waals surface area contributed by atoms with Gasteiger partial charge in [-0.3, -0.25) is 14.2 Å². The van der Waals surface area contributed by atoms with Gasteiger partial charge in [0.15, 0.2) is 11.4 Å². The van der Waals surface area contributed by atoms with Crippen LogP contribution >= 0.6 is 22.9 Å². The molecule has 5 rings (SSSR count). The highest BCUT2D eigenvalue weighted by Crippen LogP contribution is 2.32. The molecule has 0 saturated heterocycles. The number of thiazole rings is 1. The number of nitrogens with zero attached hydrogens (tertiary/aromatic N) is 3. The maximum Gasteiger partial charge on any atom is 0.344 e. The molecule has 0 bridgehead atoms. The van der Waals surface area contributed by atoms with E-state index in [0.29, 0.717) is 50.0 Å². The van der Waals surface area contributed by atoms with Gasteiger partial charge in [0, 0.05) is 23.7 Å². The van der Waals surface area contributed by atoms with Gasteiger partial charge in [-0.2, -0.15) is 0 Å². The van der Waals surface area contributed by atoms with Gasteiger partial charge in [-0.05, 0) is 68.3 Å². The Morgan fingerprint density at radius 1 is 1.05 bits per heavy atom. The van der Waals surface area contributed by atoms with Crippen LogP contribution in [0.5, 0.6) is 5.75 Å². The Bertz CT molecular complexity index is 1910. The fraction of sp³-hybridized carbons (Fsp3) is 0.273. The average molecular weight is 618 g/mol. The molecule has 0 fully saturated rings. The van der Waals surface area contributed by atoms with E-state index in [9.17, 15) is 14.4 Å². The summed E-state index contributed by atoms with van der Waals surface area (Å²) in [6.07, 6.45) is 1.77. The molecule has 3 aromatic carbocycles. The van der Waals surface area contributed by atoms with Gasteiger partial charge in [-0.15, -0.1) is 0 Å². The van der Waals surface area contributed by atoms with E-state index in [-0.39, 0.29) is 24.7 Å². The monoisotopic (exact) mass is 617 g/mol. The quantitative estimate of drug-likeness (QED) is 0.251. The first kappa shape index (κ1) is 30.3. The molecule has 8 nitrogen and oxygen atoms in total. The number of benzene rings is 3. The second-order valence-corrected chi connectivity index (χ2v) is 11.3. The zero-order chi connectivity index (χ0) is 30.7. The predicted molar refractivity (Wildman–Crippen MR) is 169 cm³/mol. The Kier molecular flexibility index (Phi) is 9.13. The van der Waals surface area contributed by atoms with Crippen molar-refractivity contribution in [2.45, 2.75) is 33.7 Å². The number of halogens is 1. The Morgan fingerprint density at radius 2 is 1.77 bits per heavy atom. The molecule has 0 saturated carbocycles. The molecule has 4 aromatic rings. The summed E-state index contributed by atoms with van der Waals surface area (Å²) < 4.78 is 12.9. The van der Waals surface area contributed by atoms with Crippen LogP contribution in [0.4, 0.5) is 0 Å². The average Bonchev–Trinajstić information content (AvgIpc) is 3.31. The number of hydrogen-bond acceptors (Lipinski definition) is 7. The molecule has 1 aliphatic rings. The number of amides is 1. The second-order valence-electron chi connectivity index (χ2n) is 9.90. The maximum absolute atomic E-state index is 14.2. The zero-order valence-electron chi connectivity index (χ0n) is 24.4. The normalized spacial score (nSPS) is 14.8. The minimum Gasteiger partial charge on any atom is -0.481 e. The first-order valence-corrected chi connectivity index (χ1v) is 15.3. The molecule has 0 spiro atoms. The zero-order valence-corrected chi connectivity index (χ0v) is 26.0. The van der Waals surface area contributed by atoms with Crippen molar-refractivity contribution in [1.29, 1.82) is 0 Å². The molecule has 0 aliphatic carbocycles. The van der Waals surface area contributed by atoms with Crippen molar-refractivity contribution in [3.63, 3.8) is 0 Å². The summed E-state index contributed by atoms with van der Waals surface area (Å²) in [5, 5.41) is 2.37. The summed E-state index contributed by atoms with van der Waals surface area (Å²) in [6.45, 7) is 8.44. The van der Waals surface area contributed by atoms with Gasteiger partial charge in [0.05, 0.1) is 28.5 Å². The molecule has 0 radical (unpaired) electrons. The van der Waals surface area contributed by atoms with Gasteiger partial charge >= 0.3 is 5.97 Å². The third kappa shape index (κ3) is 6.00. The van der Waals surface area contributed by atoms with Crippen LogP contribution in [0, 0.1) is 0 Å². The maximum atomic E-state index is 14.2. The minimum absolute atomic E-state index is 0.163. The smallest absolute Gasteiger partial charge is 0.344 e. The van der Waals surface area contributed by atoms with E-state index in [1.54, 1.807) is 40.7 Å².